The van der Waals surface area contributed by atoms with Gasteiger partial charge >= 0.3 is 0 Å². The Balaban J connectivity index is 1.41. The number of para-hydroxylation sites is 2. The fourth-order valence-corrected chi connectivity index (χ4v) is 2.93. The van der Waals surface area contributed by atoms with Gasteiger partial charge in [0.05, 0.1) is 18.3 Å². The van der Waals surface area contributed by atoms with E-state index in [-0.39, 0.29) is 18.6 Å². The summed E-state index contributed by atoms with van der Waals surface area (Å²) in [5.74, 6) is 0.604. The maximum absolute atomic E-state index is 12.2. The third kappa shape index (κ3) is 5.86. The summed E-state index contributed by atoms with van der Waals surface area (Å²) in [6.07, 6.45) is 3.16. The smallest absolute Gasteiger partial charge is 0.238 e. The first-order chi connectivity index (χ1) is 12.8. The van der Waals surface area contributed by atoms with Crippen LogP contribution in [0.15, 0.2) is 54.6 Å². The quantitative estimate of drug-likeness (QED) is 0.680. The summed E-state index contributed by atoms with van der Waals surface area (Å²) in [6, 6.07) is 17.7. The molecule has 1 aliphatic heterocycles. The van der Waals surface area contributed by atoms with E-state index in [2.05, 4.69) is 22.8 Å². The maximum Gasteiger partial charge on any atom is 0.238 e. The number of amides is 1. The Morgan fingerprint density at radius 2 is 1.92 bits per heavy atom. The SMILES string of the molecule is O=C(CNCCc1ccccc1)Nc1ccccc1OCC1CCCO1. The van der Waals surface area contributed by atoms with Crippen LogP contribution in [0.2, 0.25) is 0 Å². The first kappa shape index (κ1) is 18.4. The zero-order valence-corrected chi connectivity index (χ0v) is 14.9. The van der Waals surface area contributed by atoms with Crippen molar-refractivity contribution in [3.05, 3.63) is 60.2 Å². The molecule has 1 heterocycles. The van der Waals surface area contributed by atoms with Crippen LogP contribution in [0.1, 0.15) is 18.4 Å². The largest absolute Gasteiger partial charge is 0.489 e. The lowest BCUT2D eigenvalue weighted by molar-refractivity contribution is -0.115. The van der Waals surface area contributed by atoms with Gasteiger partial charge in [-0.3, -0.25) is 4.79 Å². The average Bonchev–Trinajstić information content (AvgIpc) is 3.19. The molecule has 0 aromatic heterocycles. The van der Waals surface area contributed by atoms with Gasteiger partial charge in [0.2, 0.25) is 5.91 Å². The van der Waals surface area contributed by atoms with E-state index >= 15 is 0 Å². The average molecular weight is 354 g/mol. The molecule has 1 saturated heterocycles. The van der Waals surface area contributed by atoms with Crippen molar-refractivity contribution in [2.75, 3.05) is 31.6 Å². The highest BCUT2D eigenvalue weighted by Gasteiger charge is 2.17. The lowest BCUT2D eigenvalue weighted by atomic mass is 10.1. The topological polar surface area (TPSA) is 59.6 Å². The number of ether oxygens (including phenoxy) is 2. The molecule has 1 aliphatic rings. The van der Waals surface area contributed by atoms with Crippen LogP contribution in [0.4, 0.5) is 5.69 Å². The molecule has 0 saturated carbocycles. The second-order valence-electron chi connectivity index (χ2n) is 6.40. The third-order valence-electron chi connectivity index (χ3n) is 4.33. The molecule has 0 spiro atoms. The normalized spacial score (nSPS) is 16.4. The highest BCUT2D eigenvalue weighted by molar-refractivity contribution is 5.93. The van der Waals surface area contributed by atoms with Gasteiger partial charge in [-0.25, -0.2) is 0 Å². The van der Waals surface area contributed by atoms with Crippen LogP contribution in [-0.4, -0.2) is 38.3 Å². The van der Waals surface area contributed by atoms with E-state index in [1.54, 1.807) is 0 Å². The van der Waals surface area contributed by atoms with Gasteiger partial charge in [-0.05, 0) is 43.5 Å². The molecule has 0 radical (unpaired) electrons. The fourth-order valence-electron chi connectivity index (χ4n) is 2.93. The highest BCUT2D eigenvalue weighted by atomic mass is 16.5. The molecule has 2 N–H and O–H groups in total. The number of rotatable bonds is 9. The van der Waals surface area contributed by atoms with E-state index in [0.717, 1.165) is 32.4 Å². The molecule has 3 rings (SSSR count). The number of hydrogen-bond donors (Lipinski definition) is 2. The summed E-state index contributed by atoms with van der Waals surface area (Å²) in [7, 11) is 0. The lowest BCUT2D eigenvalue weighted by Gasteiger charge is -2.15. The van der Waals surface area contributed by atoms with Crippen molar-refractivity contribution >= 4 is 11.6 Å². The summed E-state index contributed by atoms with van der Waals surface area (Å²) >= 11 is 0. The number of nitrogens with one attached hydrogen (secondary N) is 2. The Morgan fingerprint density at radius 1 is 1.12 bits per heavy atom. The second kappa shape index (κ2) is 9.94. The summed E-state index contributed by atoms with van der Waals surface area (Å²) < 4.78 is 11.4. The van der Waals surface area contributed by atoms with Crippen LogP contribution < -0.4 is 15.4 Å². The van der Waals surface area contributed by atoms with Gasteiger partial charge in [0.25, 0.3) is 0 Å². The predicted octanol–water partition coefficient (Wildman–Crippen LogP) is 3.02. The first-order valence-corrected chi connectivity index (χ1v) is 9.19. The molecule has 0 bridgehead atoms. The molecular weight excluding hydrogens is 328 g/mol. The number of carbonyl (C=O) groups excluding carboxylic acids is 1. The van der Waals surface area contributed by atoms with Gasteiger partial charge < -0.3 is 20.1 Å². The van der Waals surface area contributed by atoms with Gasteiger partial charge in [0.15, 0.2) is 0 Å². The van der Waals surface area contributed by atoms with E-state index in [1.165, 1.54) is 5.56 Å². The zero-order chi connectivity index (χ0) is 18.0. The molecule has 5 nitrogen and oxygen atoms in total. The molecule has 26 heavy (non-hydrogen) atoms. The minimum atomic E-state index is -0.0776. The van der Waals surface area contributed by atoms with Crippen LogP contribution in [0.25, 0.3) is 0 Å². The third-order valence-corrected chi connectivity index (χ3v) is 4.33. The van der Waals surface area contributed by atoms with E-state index < -0.39 is 0 Å². The minimum absolute atomic E-state index is 0.0776. The van der Waals surface area contributed by atoms with Crippen LogP contribution in [0.3, 0.4) is 0 Å². The van der Waals surface area contributed by atoms with Gasteiger partial charge in [-0.1, -0.05) is 42.5 Å². The monoisotopic (exact) mass is 354 g/mol. The molecule has 1 atom stereocenters. The number of hydrogen-bond acceptors (Lipinski definition) is 4. The Morgan fingerprint density at radius 3 is 2.73 bits per heavy atom. The number of anilines is 1. The molecule has 1 amide bonds. The van der Waals surface area contributed by atoms with Crippen LogP contribution >= 0.6 is 0 Å². The Hall–Kier alpha value is -2.37. The van der Waals surface area contributed by atoms with Crippen molar-refractivity contribution in [1.82, 2.24) is 5.32 Å². The lowest BCUT2D eigenvalue weighted by Crippen LogP contribution is -2.29. The van der Waals surface area contributed by atoms with Crippen molar-refractivity contribution in [2.45, 2.75) is 25.4 Å². The molecule has 138 valence electrons. The van der Waals surface area contributed by atoms with Gasteiger partial charge in [0.1, 0.15) is 12.4 Å². The fraction of sp³-hybridized carbons (Fsp3) is 0.381. The van der Waals surface area contributed by atoms with Crippen molar-refractivity contribution in [3.63, 3.8) is 0 Å². The first-order valence-electron chi connectivity index (χ1n) is 9.19. The van der Waals surface area contributed by atoms with E-state index in [4.69, 9.17) is 9.47 Å². The van der Waals surface area contributed by atoms with Crippen LogP contribution in [-0.2, 0) is 16.0 Å². The Labute approximate surface area is 154 Å². The molecule has 1 fully saturated rings. The summed E-state index contributed by atoms with van der Waals surface area (Å²) in [5, 5.41) is 6.09. The Kier molecular flexibility index (Phi) is 7.05. The molecule has 1 unspecified atom stereocenters. The molecule has 2 aromatic rings. The van der Waals surface area contributed by atoms with Crippen molar-refractivity contribution in [2.24, 2.45) is 0 Å². The van der Waals surface area contributed by atoms with E-state index in [1.807, 2.05) is 42.5 Å². The minimum Gasteiger partial charge on any atom is -0.489 e. The molecule has 0 aliphatic carbocycles. The van der Waals surface area contributed by atoms with Crippen molar-refractivity contribution in [3.8, 4) is 5.75 Å². The van der Waals surface area contributed by atoms with E-state index in [0.29, 0.717) is 18.0 Å². The van der Waals surface area contributed by atoms with Crippen molar-refractivity contribution < 1.29 is 14.3 Å². The Bertz CT molecular complexity index is 685. The second-order valence-corrected chi connectivity index (χ2v) is 6.40. The highest BCUT2D eigenvalue weighted by Crippen LogP contribution is 2.24. The van der Waals surface area contributed by atoms with Crippen LogP contribution in [0.5, 0.6) is 5.75 Å². The molecular formula is C21H26N2O3. The van der Waals surface area contributed by atoms with Gasteiger partial charge in [-0.15, -0.1) is 0 Å². The number of carbonyl (C=O) groups is 1. The maximum atomic E-state index is 12.2. The van der Waals surface area contributed by atoms with E-state index in [9.17, 15) is 4.79 Å². The number of benzene rings is 2. The summed E-state index contributed by atoms with van der Waals surface area (Å²) in [4.78, 5) is 12.2. The standard InChI is InChI=1S/C21H26N2O3/c24-21(15-22-13-12-17-7-2-1-3-8-17)23-19-10-4-5-11-20(19)26-16-18-9-6-14-25-18/h1-5,7-8,10-11,18,22H,6,9,12-16H2,(H,23,24). The predicted molar refractivity (Wildman–Crippen MR) is 103 cm³/mol. The summed E-state index contributed by atoms with van der Waals surface area (Å²) in [6.45, 7) is 2.35. The molecule has 5 heteroatoms. The zero-order valence-electron chi connectivity index (χ0n) is 14.9. The van der Waals surface area contributed by atoms with Gasteiger partial charge in [0, 0.05) is 6.61 Å². The molecule has 2 aromatic carbocycles. The van der Waals surface area contributed by atoms with Crippen molar-refractivity contribution in [1.29, 1.82) is 0 Å². The summed E-state index contributed by atoms with van der Waals surface area (Å²) in [5.41, 5.74) is 1.95. The van der Waals surface area contributed by atoms with Gasteiger partial charge in [-0.2, -0.15) is 0 Å². The van der Waals surface area contributed by atoms with Crippen LogP contribution in [0, 0.1) is 0 Å².